The summed E-state index contributed by atoms with van der Waals surface area (Å²) in [4.78, 5) is 2.72. The Bertz CT molecular complexity index is 416. The van der Waals surface area contributed by atoms with E-state index in [1.54, 1.807) is 0 Å². The lowest BCUT2D eigenvalue weighted by atomic mass is 9.99. The van der Waals surface area contributed by atoms with Gasteiger partial charge in [0.2, 0.25) is 0 Å². The van der Waals surface area contributed by atoms with Crippen molar-refractivity contribution in [3.63, 3.8) is 0 Å². The van der Waals surface area contributed by atoms with E-state index in [1.165, 1.54) is 0 Å². The van der Waals surface area contributed by atoms with Gasteiger partial charge in [-0.3, -0.25) is 0 Å². The Morgan fingerprint density at radius 3 is 2.72 bits per heavy atom. The summed E-state index contributed by atoms with van der Waals surface area (Å²) < 4.78 is 5.39. The number of nitrogens with two attached hydrogens (primary N) is 1. The van der Waals surface area contributed by atoms with Crippen molar-refractivity contribution in [1.29, 1.82) is 0 Å². The van der Waals surface area contributed by atoms with Gasteiger partial charge in [0.1, 0.15) is 4.99 Å². The number of nitrogens with zero attached hydrogens (tertiary/aromatic N) is 1. The molecule has 0 amide bonds. The van der Waals surface area contributed by atoms with Crippen molar-refractivity contribution in [2.24, 2.45) is 11.7 Å². The Morgan fingerprint density at radius 2 is 2.06 bits per heavy atom. The summed E-state index contributed by atoms with van der Waals surface area (Å²) in [7, 11) is 2.10. The van der Waals surface area contributed by atoms with Crippen LogP contribution in [0.25, 0.3) is 0 Å². The summed E-state index contributed by atoms with van der Waals surface area (Å²) in [6, 6.07) is 8.06. The first-order valence-corrected chi connectivity index (χ1v) is 6.77. The Kier molecular flexibility index (Phi) is 4.55. The van der Waals surface area contributed by atoms with Crippen molar-refractivity contribution in [3.8, 4) is 0 Å². The first-order valence-electron chi connectivity index (χ1n) is 6.36. The molecule has 2 N–H and O–H groups in total. The number of hydrogen-bond acceptors (Lipinski definition) is 3. The molecule has 0 atom stereocenters. The number of rotatable bonds is 4. The average molecular weight is 264 g/mol. The Morgan fingerprint density at radius 1 is 1.39 bits per heavy atom. The van der Waals surface area contributed by atoms with Crippen molar-refractivity contribution >= 4 is 22.9 Å². The third kappa shape index (κ3) is 3.21. The maximum atomic E-state index is 5.77. The molecule has 0 saturated carbocycles. The predicted molar refractivity (Wildman–Crippen MR) is 79.1 cm³/mol. The summed E-state index contributed by atoms with van der Waals surface area (Å²) in [5, 5.41) is 0. The number of anilines is 1. The van der Waals surface area contributed by atoms with Crippen molar-refractivity contribution in [3.05, 3.63) is 29.8 Å². The summed E-state index contributed by atoms with van der Waals surface area (Å²) in [6.45, 7) is 2.80. The highest BCUT2D eigenvalue weighted by Gasteiger charge is 2.17. The maximum Gasteiger partial charge on any atom is 0.106 e. The highest BCUT2D eigenvalue weighted by atomic mass is 32.1. The minimum absolute atomic E-state index is 0.462. The molecule has 1 aliphatic rings. The predicted octanol–water partition coefficient (Wildman–Crippen LogP) is 2.18. The van der Waals surface area contributed by atoms with E-state index >= 15 is 0 Å². The van der Waals surface area contributed by atoms with Crippen LogP contribution in [0.1, 0.15) is 18.4 Å². The second kappa shape index (κ2) is 6.16. The molecule has 18 heavy (non-hydrogen) atoms. The maximum absolute atomic E-state index is 5.77. The zero-order chi connectivity index (χ0) is 13.0. The minimum atomic E-state index is 0.462. The molecule has 1 fully saturated rings. The quantitative estimate of drug-likeness (QED) is 0.846. The topological polar surface area (TPSA) is 38.5 Å². The van der Waals surface area contributed by atoms with Crippen LogP contribution < -0.4 is 10.6 Å². The number of hydrogen-bond donors (Lipinski definition) is 1. The van der Waals surface area contributed by atoms with Crippen molar-refractivity contribution in [2.75, 3.05) is 31.7 Å². The van der Waals surface area contributed by atoms with Gasteiger partial charge < -0.3 is 15.4 Å². The molecule has 0 radical (unpaired) electrons. The molecule has 1 aliphatic heterocycles. The fourth-order valence-corrected chi connectivity index (χ4v) is 2.60. The minimum Gasteiger partial charge on any atom is -0.389 e. The number of benzene rings is 1. The van der Waals surface area contributed by atoms with E-state index in [0.29, 0.717) is 10.9 Å². The zero-order valence-electron chi connectivity index (χ0n) is 10.8. The van der Waals surface area contributed by atoms with Gasteiger partial charge in [-0.15, -0.1) is 0 Å². The van der Waals surface area contributed by atoms with E-state index in [-0.39, 0.29) is 0 Å². The Hall–Kier alpha value is -1.13. The molecule has 0 bridgehead atoms. The third-order valence-electron chi connectivity index (χ3n) is 3.45. The first kappa shape index (κ1) is 13.3. The molecule has 1 aromatic carbocycles. The fraction of sp³-hybridized carbons (Fsp3) is 0.500. The van der Waals surface area contributed by atoms with E-state index < -0.39 is 0 Å². The van der Waals surface area contributed by atoms with Gasteiger partial charge in [0.15, 0.2) is 0 Å². The third-order valence-corrected chi connectivity index (χ3v) is 3.67. The van der Waals surface area contributed by atoms with Gasteiger partial charge in [0, 0.05) is 38.1 Å². The smallest absolute Gasteiger partial charge is 0.106 e. The lowest BCUT2D eigenvalue weighted by molar-refractivity contribution is 0.0685. The molecule has 2 rings (SSSR count). The van der Waals surface area contributed by atoms with Crippen LogP contribution in [-0.2, 0) is 4.74 Å². The van der Waals surface area contributed by atoms with Crippen LogP contribution in [0.2, 0.25) is 0 Å². The summed E-state index contributed by atoms with van der Waals surface area (Å²) >= 11 is 5.10. The molecule has 0 spiro atoms. The monoisotopic (exact) mass is 264 g/mol. The van der Waals surface area contributed by atoms with E-state index in [9.17, 15) is 0 Å². The number of para-hydroxylation sites is 1. The highest BCUT2D eigenvalue weighted by Crippen LogP contribution is 2.23. The molecular weight excluding hydrogens is 244 g/mol. The summed E-state index contributed by atoms with van der Waals surface area (Å²) in [5.74, 6) is 0.697. The van der Waals surface area contributed by atoms with Crippen LogP contribution in [0, 0.1) is 5.92 Å². The van der Waals surface area contributed by atoms with Crippen LogP contribution in [0.5, 0.6) is 0 Å². The van der Waals surface area contributed by atoms with E-state index in [1.807, 2.05) is 18.2 Å². The van der Waals surface area contributed by atoms with E-state index in [0.717, 1.165) is 43.9 Å². The Labute approximate surface area is 114 Å². The molecule has 0 aromatic heterocycles. The van der Waals surface area contributed by atoms with Gasteiger partial charge in [0.05, 0.1) is 0 Å². The fourth-order valence-electron chi connectivity index (χ4n) is 2.43. The van der Waals surface area contributed by atoms with Crippen LogP contribution in [0.3, 0.4) is 0 Å². The molecule has 4 heteroatoms. The van der Waals surface area contributed by atoms with Crippen LogP contribution >= 0.6 is 12.2 Å². The van der Waals surface area contributed by atoms with Crippen molar-refractivity contribution < 1.29 is 4.74 Å². The van der Waals surface area contributed by atoms with Crippen LogP contribution in [0.4, 0.5) is 5.69 Å². The van der Waals surface area contributed by atoms with Crippen molar-refractivity contribution in [1.82, 2.24) is 0 Å². The molecule has 1 heterocycles. The largest absolute Gasteiger partial charge is 0.389 e. The molecule has 98 valence electrons. The van der Waals surface area contributed by atoms with Gasteiger partial charge in [-0.05, 0) is 30.9 Å². The lowest BCUT2D eigenvalue weighted by Crippen LogP contribution is -2.30. The molecule has 0 aliphatic carbocycles. The zero-order valence-corrected chi connectivity index (χ0v) is 11.6. The number of ether oxygens (including phenoxy) is 1. The molecular formula is C14H20N2OS. The summed E-state index contributed by atoms with van der Waals surface area (Å²) in [5.41, 5.74) is 7.85. The standard InChI is InChI=1S/C14H20N2OS/c1-16(10-11-6-8-17-9-7-11)13-5-3-2-4-12(13)14(15)18/h2-5,11H,6-10H2,1H3,(H2,15,18). The van der Waals surface area contributed by atoms with Crippen molar-refractivity contribution in [2.45, 2.75) is 12.8 Å². The van der Waals surface area contributed by atoms with Crippen LogP contribution in [-0.4, -0.2) is 31.8 Å². The van der Waals surface area contributed by atoms with E-state index in [4.69, 9.17) is 22.7 Å². The number of thiocarbonyl (C=S) groups is 1. The first-order chi connectivity index (χ1) is 8.68. The van der Waals surface area contributed by atoms with E-state index in [2.05, 4.69) is 18.0 Å². The van der Waals surface area contributed by atoms with Gasteiger partial charge in [-0.25, -0.2) is 0 Å². The van der Waals surface area contributed by atoms with Gasteiger partial charge in [-0.1, -0.05) is 24.4 Å². The molecule has 1 aromatic rings. The van der Waals surface area contributed by atoms with Crippen LogP contribution in [0.15, 0.2) is 24.3 Å². The Balaban J connectivity index is 2.08. The lowest BCUT2D eigenvalue weighted by Gasteiger charge is -2.29. The second-order valence-electron chi connectivity index (χ2n) is 4.82. The average Bonchev–Trinajstić information content (AvgIpc) is 2.40. The van der Waals surface area contributed by atoms with Gasteiger partial charge in [-0.2, -0.15) is 0 Å². The molecule has 1 saturated heterocycles. The normalized spacial score (nSPS) is 16.5. The SMILES string of the molecule is CN(CC1CCOCC1)c1ccccc1C(N)=S. The van der Waals surface area contributed by atoms with Gasteiger partial charge >= 0.3 is 0 Å². The van der Waals surface area contributed by atoms with Gasteiger partial charge in [0.25, 0.3) is 0 Å². The molecule has 3 nitrogen and oxygen atoms in total. The molecule has 0 unspecified atom stereocenters. The second-order valence-corrected chi connectivity index (χ2v) is 5.26. The summed E-state index contributed by atoms with van der Waals surface area (Å²) in [6.07, 6.45) is 2.28. The highest BCUT2D eigenvalue weighted by molar-refractivity contribution is 7.80.